The molecular weight excluding hydrogens is 364 g/mol. The first-order chi connectivity index (χ1) is 13.4. The Balaban J connectivity index is 1.84. The summed E-state index contributed by atoms with van der Waals surface area (Å²) in [6.45, 7) is 1.29. The van der Waals surface area contributed by atoms with Gasteiger partial charge in [-0.25, -0.2) is 4.79 Å². The first-order valence-corrected chi connectivity index (χ1v) is 9.52. The van der Waals surface area contributed by atoms with Gasteiger partial charge in [0.05, 0.1) is 23.7 Å². The molecule has 0 bridgehead atoms. The molecule has 150 valence electrons. The van der Waals surface area contributed by atoms with Gasteiger partial charge >= 0.3 is 5.97 Å². The molecule has 1 saturated heterocycles. The lowest BCUT2D eigenvalue weighted by Gasteiger charge is -2.35. The normalized spacial score (nSPS) is 18.1. The molecule has 0 amide bonds. The predicted molar refractivity (Wildman–Crippen MR) is 103 cm³/mol. The zero-order chi connectivity index (χ0) is 20.0. The van der Waals surface area contributed by atoms with Crippen molar-refractivity contribution >= 4 is 22.6 Å². The molecule has 8 nitrogen and oxygen atoms in total. The Kier molecular flexibility index (Phi) is 4.76. The van der Waals surface area contributed by atoms with Gasteiger partial charge in [-0.3, -0.25) is 4.79 Å². The number of aromatic carboxylic acids is 1. The van der Waals surface area contributed by atoms with E-state index in [1.807, 2.05) is 4.57 Å². The Morgan fingerprint density at radius 3 is 2.39 bits per heavy atom. The van der Waals surface area contributed by atoms with Crippen LogP contribution in [0.4, 0.5) is 5.69 Å². The average Bonchev–Trinajstić information content (AvgIpc) is 3.52. The van der Waals surface area contributed by atoms with Crippen molar-refractivity contribution in [3.05, 3.63) is 34.1 Å². The number of aromatic nitrogens is 1. The van der Waals surface area contributed by atoms with Crippen LogP contribution in [0.15, 0.2) is 23.1 Å². The average molecular weight is 388 g/mol. The molecule has 1 aromatic carbocycles. The third-order valence-electron chi connectivity index (χ3n) is 5.80. The second-order valence-corrected chi connectivity index (χ2v) is 7.57. The van der Waals surface area contributed by atoms with E-state index in [0.29, 0.717) is 42.6 Å². The number of carbonyl (C=O) groups is 1. The van der Waals surface area contributed by atoms with Crippen LogP contribution >= 0.6 is 0 Å². The third kappa shape index (κ3) is 3.12. The topological polar surface area (TPSA) is 112 Å². The second-order valence-electron chi connectivity index (χ2n) is 7.57. The molecule has 1 aliphatic carbocycles. The number of benzene rings is 1. The number of pyridine rings is 1. The van der Waals surface area contributed by atoms with Crippen LogP contribution in [-0.4, -0.2) is 52.3 Å². The largest absolute Gasteiger partial charge is 0.492 e. The van der Waals surface area contributed by atoms with Crippen LogP contribution in [0.1, 0.15) is 42.1 Å². The maximum absolute atomic E-state index is 12.7. The number of anilines is 1. The number of aliphatic hydroxyl groups excluding tert-OH is 1. The van der Waals surface area contributed by atoms with E-state index in [4.69, 9.17) is 4.74 Å². The van der Waals surface area contributed by atoms with Gasteiger partial charge in [0, 0.05) is 31.2 Å². The lowest BCUT2D eigenvalue weighted by molar-refractivity contribution is -0.0893. The Morgan fingerprint density at radius 1 is 1.18 bits per heavy atom. The van der Waals surface area contributed by atoms with Crippen molar-refractivity contribution in [3.63, 3.8) is 0 Å². The van der Waals surface area contributed by atoms with Crippen LogP contribution in [0.2, 0.25) is 0 Å². The van der Waals surface area contributed by atoms with Crippen LogP contribution < -0.4 is 15.1 Å². The molecule has 0 atom stereocenters. The van der Waals surface area contributed by atoms with E-state index >= 15 is 0 Å². The van der Waals surface area contributed by atoms with Crippen molar-refractivity contribution in [2.75, 3.05) is 25.1 Å². The summed E-state index contributed by atoms with van der Waals surface area (Å²) >= 11 is 0. The van der Waals surface area contributed by atoms with Gasteiger partial charge in [0.15, 0.2) is 12.0 Å². The number of hydrogen-bond acceptors (Lipinski definition) is 6. The summed E-state index contributed by atoms with van der Waals surface area (Å²) in [4.78, 5) is 26.4. The van der Waals surface area contributed by atoms with Gasteiger partial charge in [-0.15, -0.1) is 0 Å². The summed E-state index contributed by atoms with van der Waals surface area (Å²) in [6, 6.07) is 3.63. The Hall–Kier alpha value is -2.58. The van der Waals surface area contributed by atoms with Crippen LogP contribution in [0.5, 0.6) is 5.75 Å². The summed E-state index contributed by atoms with van der Waals surface area (Å²) < 4.78 is 7.58. The number of piperidine rings is 1. The lowest BCUT2D eigenvalue weighted by atomic mass is 9.95. The number of carboxylic acid groups (broad SMARTS) is 1. The highest BCUT2D eigenvalue weighted by molar-refractivity contribution is 5.96. The fourth-order valence-corrected chi connectivity index (χ4v) is 4.09. The minimum absolute atomic E-state index is 0.148. The summed E-state index contributed by atoms with van der Waals surface area (Å²) in [7, 11) is 1.55. The number of hydrogen-bond donors (Lipinski definition) is 3. The van der Waals surface area contributed by atoms with Crippen LogP contribution in [0, 0.1) is 5.92 Å². The summed E-state index contributed by atoms with van der Waals surface area (Å²) in [5.74, 6) is -0.819. The van der Waals surface area contributed by atoms with E-state index in [1.54, 1.807) is 19.2 Å². The highest BCUT2D eigenvalue weighted by Gasteiger charge is 2.31. The number of rotatable bonds is 5. The first kappa shape index (κ1) is 18.8. The van der Waals surface area contributed by atoms with E-state index < -0.39 is 17.7 Å². The van der Waals surface area contributed by atoms with Gasteiger partial charge in [-0.05, 0) is 37.8 Å². The first-order valence-electron chi connectivity index (χ1n) is 9.52. The standard InChI is InChI=1S/C20H24N2O6/c1-28-18-15(21-8-6-11(7-9-21)19(24)25)5-4-13-16(18)22(12-2-3-12)10-14(17(13)23)20(26)27/h4-5,10-12,19,24-25H,2-3,6-9H2,1H3,(H,26,27). The van der Waals surface area contributed by atoms with E-state index in [9.17, 15) is 24.9 Å². The van der Waals surface area contributed by atoms with Gasteiger partial charge in [0.1, 0.15) is 5.56 Å². The molecule has 1 saturated carbocycles. The minimum Gasteiger partial charge on any atom is -0.492 e. The van der Waals surface area contributed by atoms with Crippen molar-refractivity contribution < 1.29 is 24.9 Å². The Morgan fingerprint density at radius 2 is 1.86 bits per heavy atom. The number of nitrogens with zero attached hydrogens (tertiary/aromatic N) is 2. The summed E-state index contributed by atoms with van der Waals surface area (Å²) in [5, 5.41) is 28.6. The zero-order valence-corrected chi connectivity index (χ0v) is 15.7. The molecule has 2 aliphatic rings. The second kappa shape index (κ2) is 7.10. The highest BCUT2D eigenvalue weighted by Crippen LogP contribution is 2.43. The molecule has 1 aliphatic heterocycles. The molecule has 8 heteroatoms. The van der Waals surface area contributed by atoms with Gasteiger partial charge < -0.3 is 29.5 Å². The molecule has 0 spiro atoms. The molecule has 2 aromatic rings. The van der Waals surface area contributed by atoms with Crippen LogP contribution in [0.25, 0.3) is 10.9 Å². The van der Waals surface area contributed by atoms with Crippen molar-refractivity contribution in [3.8, 4) is 5.75 Å². The molecule has 0 radical (unpaired) electrons. The van der Waals surface area contributed by atoms with Crippen LogP contribution in [-0.2, 0) is 0 Å². The smallest absolute Gasteiger partial charge is 0.341 e. The molecular formula is C20H24N2O6. The number of carboxylic acids is 1. The van der Waals surface area contributed by atoms with E-state index in [1.165, 1.54) is 6.20 Å². The van der Waals surface area contributed by atoms with E-state index in [2.05, 4.69) is 4.90 Å². The van der Waals surface area contributed by atoms with Crippen molar-refractivity contribution in [2.45, 2.75) is 38.0 Å². The maximum atomic E-state index is 12.7. The zero-order valence-electron chi connectivity index (χ0n) is 15.7. The van der Waals surface area contributed by atoms with E-state index in [-0.39, 0.29) is 17.5 Å². The number of ether oxygens (including phenoxy) is 1. The van der Waals surface area contributed by atoms with Crippen molar-refractivity contribution in [1.29, 1.82) is 0 Å². The van der Waals surface area contributed by atoms with Crippen molar-refractivity contribution in [1.82, 2.24) is 4.57 Å². The van der Waals surface area contributed by atoms with Crippen LogP contribution in [0.3, 0.4) is 0 Å². The summed E-state index contributed by atoms with van der Waals surface area (Å²) in [6.07, 6.45) is 3.29. The van der Waals surface area contributed by atoms with Gasteiger partial charge in [-0.1, -0.05) is 0 Å². The van der Waals surface area contributed by atoms with Crippen molar-refractivity contribution in [2.24, 2.45) is 5.92 Å². The van der Waals surface area contributed by atoms with Gasteiger partial charge in [-0.2, -0.15) is 0 Å². The predicted octanol–water partition coefficient (Wildman–Crippen LogP) is 1.57. The number of methoxy groups -OCH3 is 1. The maximum Gasteiger partial charge on any atom is 0.341 e. The SMILES string of the molecule is COc1c(N2CCC(C(O)O)CC2)ccc2c(=O)c(C(=O)O)cn(C3CC3)c12. The molecule has 2 heterocycles. The highest BCUT2D eigenvalue weighted by atomic mass is 16.5. The number of aliphatic hydroxyl groups is 2. The number of fused-ring (bicyclic) bond motifs is 1. The fourth-order valence-electron chi connectivity index (χ4n) is 4.09. The molecule has 28 heavy (non-hydrogen) atoms. The summed E-state index contributed by atoms with van der Waals surface area (Å²) in [5.41, 5.74) is 0.720. The molecule has 0 unspecified atom stereocenters. The van der Waals surface area contributed by atoms with Gasteiger partial charge in [0.2, 0.25) is 5.43 Å². The molecule has 4 rings (SSSR count). The fraction of sp³-hybridized carbons (Fsp3) is 0.500. The molecule has 3 N–H and O–H groups in total. The third-order valence-corrected chi connectivity index (χ3v) is 5.80. The molecule has 2 fully saturated rings. The minimum atomic E-state index is -1.31. The quantitative estimate of drug-likeness (QED) is 0.667. The monoisotopic (exact) mass is 388 g/mol. The molecule has 1 aromatic heterocycles. The lowest BCUT2D eigenvalue weighted by Crippen LogP contribution is -2.38. The van der Waals surface area contributed by atoms with Gasteiger partial charge in [0.25, 0.3) is 0 Å². The van der Waals surface area contributed by atoms with E-state index in [0.717, 1.165) is 18.5 Å². The Bertz CT molecular complexity index is 971. The Labute approximate surface area is 161 Å².